The fraction of sp³-hybridized carbons (Fsp3) is 0.0952. The van der Waals surface area contributed by atoms with Gasteiger partial charge in [-0.2, -0.15) is 0 Å². The Morgan fingerprint density at radius 2 is 1.92 bits per heavy atom. The number of hydrogen-bond donors (Lipinski definition) is 0. The van der Waals surface area contributed by atoms with Crippen molar-refractivity contribution in [2.24, 2.45) is 0 Å². The van der Waals surface area contributed by atoms with Crippen molar-refractivity contribution in [2.45, 2.75) is 6.92 Å². The Morgan fingerprint density at radius 1 is 1.12 bits per heavy atom. The van der Waals surface area contributed by atoms with Crippen LogP contribution in [-0.4, -0.2) is 6.61 Å². The van der Waals surface area contributed by atoms with Crippen LogP contribution in [0.15, 0.2) is 57.7 Å². The predicted octanol–water partition coefficient (Wildman–Crippen LogP) is 4.28. The molecule has 0 saturated carbocycles. The highest BCUT2D eigenvalue weighted by atomic mass is 16.5. The zero-order chi connectivity index (χ0) is 16.9. The number of aryl methyl sites for hydroxylation is 1. The SMILES string of the molecule is C#CCOc1ccccc1/C=C/c1cc(=O)oc2cc(C)ccc12. The average Bonchev–Trinajstić information content (AvgIpc) is 2.58. The normalized spacial score (nSPS) is 10.8. The van der Waals surface area contributed by atoms with E-state index in [2.05, 4.69) is 5.92 Å². The maximum Gasteiger partial charge on any atom is 0.336 e. The van der Waals surface area contributed by atoms with Crippen molar-refractivity contribution >= 4 is 23.1 Å². The summed E-state index contributed by atoms with van der Waals surface area (Å²) in [7, 11) is 0. The molecule has 118 valence electrons. The van der Waals surface area contributed by atoms with Gasteiger partial charge in [-0.15, -0.1) is 6.42 Å². The predicted molar refractivity (Wildman–Crippen MR) is 96.9 cm³/mol. The molecule has 0 atom stereocenters. The van der Waals surface area contributed by atoms with E-state index in [1.807, 2.05) is 61.5 Å². The molecule has 0 saturated heterocycles. The molecule has 0 amide bonds. The van der Waals surface area contributed by atoms with Gasteiger partial charge in [0.25, 0.3) is 0 Å². The van der Waals surface area contributed by atoms with Crippen molar-refractivity contribution in [3.05, 3.63) is 75.6 Å². The van der Waals surface area contributed by atoms with E-state index >= 15 is 0 Å². The maximum absolute atomic E-state index is 11.8. The first kappa shape index (κ1) is 15.6. The molecule has 0 bridgehead atoms. The highest BCUT2D eigenvalue weighted by molar-refractivity contribution is 5.89. The van der Waals surface area contributed by atoms with E-state index in [0.717, 1.165) is 22.1 Å². The lowest BCUT2D eigenvalue weighted by atomic mass is 10.1. The zero-order valence-electron chi connectivity index (χ0n) is 13.3. The highest BCUT2D eigenvalue weighted by Gasteiger charge is 2.04. The van der Waals surface area contributed by atoms with Crippen LogP contribution >= 0.6 is 0 Å². The third-order valence-corrected chi connectivity index (χ3v) is 3.60. The van der Waals surface area contributed by atoms with Gasteiger partial charge in [0.15, 0.2) is 0 Å². The lowest BCUT2D eigenvalue weighted by molar-refractivity contribution is 0.369. The summed E-state index contributed by atoms with van der Waals surface area (Å²) in [6, 6.07) is 14.9. The standard InChI is InChI=1S/C21H16O3/c1-3-12-23-19-7-5-4-6-16(19)9-10-17-14-21(22)24-20-13-15(2)8-11-18(17)20/h1,4-11,13-14H,12H2,2H3/b10-9+. The van der Waals surface area contributed by atoms with Crippen molar-refractivity contribution in [3.63, 3.8) is 0 Å². The molecule has 1 aromatic heterocycles. The smallest absolute Gasteiger partial charge is 0.336 e. The molecule has 0 N–H and O–H groups in total. The quantitative estimate of drug-likeness (QED) is 0.532. The van der Waals surface area contributed by atoms with Crippen LogP contribution in [-0.2, 0) is 0 Å². The maximum atomic E-state index is 11.8. The van der Waals surface area contributed by atoms with Gasteiger partial charge in [0.05, 0.1) is 0 Å². The molecule has 0 fully saturated rings. The third kappa shape index (κ3) is 3.39. The Hall–Kier alpha value is -3.25. The number of rotatable bonds is 4. The largest absolute Gasteiger partial charge is 0.480 e. The highest BCUT2D eigenvalue weighted by Crippen LogP contribution is 2.23. The summed E-state index contributed by atoms with van der Waals surface area (Å²) < 4.78 is 10.8. The summed E-state index contributed by atoms with van der Waals surface area (Å²) >= 11 is 0. The van der Waals surface area contributed by atoms with Crippen molar-refractivity contribution in [3.8, 4) is 18.1 Å². The number of fused-ring (bicyclic) bond motifs is 1. The lowest BCUT2D eigenvalue weighted by Gasteiger charge is -2.06. The molecule has 0 unspecified atom stereocenters. The van der Waals surface area contributed by atoms with Gasteiger partial charge in [-0.25, -0.2) is 4.79 Å². The van der Waals surface area contributed by atoms with Gasteiger partial charge in [0.1, 0.15) is 17.9 Å². The molecule has 3 heteroatoms. The molecular formula is C21H16O3. The minimum Gasteiger partial charge on any atom is -0.480 e. The van der Waals surface area contributed by atoms with E-state index in [-0.39, 0.29) is 12.2 Å². The lowest BCUT2D eigenvalue weighted by Crippen LogP contribution is -1.98. The second-order valence-electron chi connectivity index (χ2n) is 5.38. The Bertz CT molecular complexity index is 1000. The topological polar surface area (TPSA) is 39.4 Å². The first-order valence-corrected chi connectivity index (χ1v) is 7.55. The van der Waals surface area contributed by atoms with E-state index in [9.17, 15) is 4.79 Å². The van der Waals surface area contributed by atoms with Gasteiger partial charge in [0, 0.05) is 17.0 Å². The van der Waals surface area contributed by atoms with Gasteiger partial charge in [-0.1, -0.05) is 48.4 Å². The molecule has 3 aromatic rings. The molecule has 0 spiro atoms. The van der Waals surface area contributed by atoms with E-state index < -0.39 is 0 Å². The third-order valence-electron chi connectivity index (χ3n) is 3.60. The fourth-order valence-electron chi connectivity index (χ4n) is 2.48. The molecule has 0 aliphatic rings. The molecular weight excluding hydrogens is 300 g/mol. The monoisotopic (exact) mass is 316 g/mol. The summed E-state index contributed by atoms with van der Waals surface area (Å²) in [6.45, 7) is 2.17. The van der Waals surface area contributed by atoms with Crippen molar-refractivity contribution in [1.29, 1.82) is 0 Å². The van der Waals surface area contributed by atoms with E-state index in [4.69, 9.17) is 15.6 Å². The number of benzene rings is 2. The Kier molecular flexibility index (Phi) is 4.49. The van der Waals surface area contributed by atoms with Gasteiger partial charge in [-0.3, -0.25) is 0 Å². The molecule has 24 heavy (non-hydrogen) atoms. The van der Waals surface area contributed by atoms with E-state index in [0.29, 0.717) is 11.3 Å². The second kappa shape index (κ2) is 6.89. The van der Waals surface area contributed by atoms with Crippen LogP contribution in [0.2, 0.25) is 0 Å². The summed E-state index contributed by atoms with van der Waals surface area (Å²) in [5.74, 6) is 3.16. The summed E-state index contributed by atoms with van der Waals surface area (Å²) in [4.78, 5) is 11.8. The van der Waals surface area contributed by atoms with Crippen LogP contribution in [0.3, 0.4) is 0 Å². The van der Waals surface area contributed by atoms with Crippen molar-refractivity contribution in [2.75, 3.05) is 6.61 Å². The van der Waals surface area contributed by atoms with Gasteiger partial charge >= 0.3 is 5.63 Å². The van der Waals surface area contributed by atoms with Crippen LogP contribution in [0.25, 0.3) is 23.1 Å². The first-order valence-electron chi connectivity index (χ1n) is 7.55. The fourth-order valence-corrected chi connectivity index (χ4v) is 2.48. The molecule has 3 nitrogen and oxygen atoms in total. The molecule has 2 aromatic carbocycles. The second-order valence-corrected chi connectivity index (χ2v) is 5.38. The Balaban J connectivity index is 2.03. The summed E-state index contributed by atoms with van der Waals surface area (Å²) in [5.41, 5.74) is 2.94. The van der Waals surface area contributed by atoms with Crippen LogP contribution in [0, 0.1) is 19.3 Å². The Morgan fingerprint density at radius 3 is 2.75 bits per heavy atom. The molecule has 3 rings (SSSR count). The van der Waals surface area contributed by atoms with Crippen LogP contribution in [0.1, 0.15) is 16.7 Å². The first-order chi connectivity index (χ1) is 11.7. The zero-order valence-corrected chi connectivity index (χ0v) is 13.3. The van der Waals surface area contributed by atoms with Crippen LogP contribution in [0.4, 0.5) is 0 Å². The van der Waals surface area contributed by atoms with Gasteiger partial charge in [-0.05, 0) is 30.2 Å². The summed E-state index contributed by atoms with van der Waals surface area (Å²) in [5, 5.41) is 0.887. The minimum atomic E-state index is -0.371. The molecule has 1 heterocycles. The van der Waals surface area contributed by atoms with E-state index in [1.54, 1.807) is 0 Å². The minimum absolute atomic E-state index is 0.210. The summed E-state index contributed by atoms with van der Waals surface area (Å²) in [6.07, 6.45) is 9.03. The molecule has 0 aliphatic carbocycles. The number of terminal acetylenes is 1. The average molecular weight is 316 g/mol. The van der Waals surface area contributed by atoms with Gasteiger partial charge in [0.2, 0.25) is 0 Å². The molecule has 0 aliphatic heterocycles. The Labute approximate surface area is 140 Å². The molecule has 0 radical (unpaired) electrons. The van der Waals surface area contributed by atoms with Crippen molar-refractivity contribution < 1.29 is 9.15 Å². The van der Waals surface area contributed by atoms with Crippen LogP contribution in [0.5, 0.6) is 5.75 Å². The van der Waals surface area contributed by atoms with E-state index in [1.165, 1.54) is 6.07 Å². The van der Waals surface area contributed by atoms with Crippen molar-refractivity contribution in [1.82, 2.24) is 0 Å². The van der Waals surface area contributed by atoms with Crippen LogP contribution < -0.4 is 10.4 Å². The number of para-hydroxylation sites is 1. The number of hydrogen-bond acceptors (Lipinski definition) is 3. The number of ether oxygens (including phenoxy) is 1. The van der Waals surface area contributed by atoms with Gasteiger partial charge < -0.3 is 9.15 Å².